The maximum absolute atomic E-state index is 11.1. The first-order chi connectivity index (χ1) is 10.2. The van der Waals surface area contributed by atoms with Crippen LogP contribution in [0.3, 0.4) is 0 Å². The number of ketones is 1. The maximum atomic E-state index is 11.1. The molecule has 0 spiro atoms. The minimum atomic E-state index is -0.359. The molecule has 6 heteroatoms. The van der Waals surface area contributed by atoms with Crippen molar-refractivity contribution in [3.63, 3.8) is 0 Å². The second kappa shape index (κ2) is 10.1. The van der Waals surface area contributed by atoms with E-state index in [1.807, 2.05) is 0 Å². The van der Waals surface area contributed by atoms with Gasteiger partial charge in [-0.15, -0.1) is 0 Å². The number of nitrogens with zero attached hydrogens (tertiary/aromatic N) is 2. The molecular weight excluding hydrogens is 270 g/mol. The monoisotopic (exact) mass is 295 g/mol. The van der Waals surface area contributed by atoms with Crippen LogP contribution in [-0.4, -0.2) is 54.2 Å². The summed E-state index contributed by atoms with van der Waals surface area (Å²) in [6.07, 6.45) is 6.94. The summed E-state index contributed by atoms with van der Waals surface area (Å²) in [6, 6.07) is 0. The summed E-state index contributed by atoms with van der Waals surface area (Å²) in [5, 5.41) is 13.6. The van der Waals surface area contributed by atoms with Crippen LogP contribution in [0.15, 0.2) is 17.8 Å². The third-order valence-electron chi connectivity index (χ3n) is 3.86. The molecule has 1 aliphatic heterocycles. The summed E-state index contributed by atoms with van der Waals surface area (Å²) in [5.74, 6) is 0.385. The smallest absolute Gasteiger partial charge is 0.265 e. The molecule has 1 fully saturated rings. The highest BCUT2D eigenvalue weighted by Gasteiger charge is 2.18. The number of allylic oxidation sites excluding steroid dienone is 1. The Kier molecular flexibility index (Phi) is 8.35. The van der Waals surface area contributed by atoms with E-state index in [0.29, 0.717) is 18.9 Å². The van der Waals surface area contributed by atoms with Crippen molar-refractivity contribution in [2.75, 3.05) is 26.2 Å². The highest BCUT2D eigenvalue weighted by molar-refractivity contribution is 6.25. The average molecular weight is 295 g/mol. The Balaban J connectivity index is 2.08. The van der Waals surface area contributed by atoms with Crippen molar-refractivity contribution in [1.82, 2.24) is 10.2 Å². The number of nitrogens with one attached hydrogen (secondary N) is 1. The van der Waals surface area contributed by atoms with Crippen LogP contribution in [0.5, 0.6) is 0 Å². The van der Waals surface area contributed by atoms with Gasteiger partial charge in [0, 0.05) is 13.0 Å². The van der Waals surface area contributed by atoms with Gasteiger partial charge in [-0.3, -0.25) is 9.59 Å². The molecule has 0 aromatic carbocycles. The van der Waals surface area contributed by atoms with Gasteiger partial charge in [-0.1, -0.05) is 11.7 Å². The zero-order valence-corrected chi connectivity index (χ0v) is 12.5. The van der Waals surface area contributed by atoms with E-state index in [1.54, 1.807) is 0 Å². The van der Waals surface area contributed by atoms with E-state index < -0.39 is 0 Å². The molecule has 1 aliphatic rings. The number of piperidine rings is 1. The van der Waals surface area contributed by atoms with Crippen LogP contribution in [0, 0.1) is 5.92 Å². The molecule has 21 heavy (non-hydrogen) atoms. The topological polar surface area (TPSA) is 82.0 Å². The van der Waals surface area contributed by atoms with Crippen LogP contribution in [0.4, 0.5) is 0 Å². The maximum Gasteiger partial charge on any atom is 0.265 e. The molecule has 1 heterocycles. The van der Waals surface area contributed by atoms with E-state index in [4.69, 9.17) is 5.21 Å². The zero-order valence-electron chi connectivity index (χ0n) is 12.5. The number of rotatable bonds is 9. The first-order valence-corrected chi connectivity index (χ1v) is 7.48. The lowest BCUT2D eigenvalue weighted by Crippen LogP contribution is -2.36. The molecule has 0 unspecified atom stereocenters. The third kappa shape index (κ3) is 7.60. The van der Waals surface area contributed by atoms with Crippen molar-refractivity contribution < 1.29 is 14.8 Å². The van der Waals surface area contributed by atoms with Gasteiger partial charge in [-0.2, -0.15) is 0 Å². The Bertz CT molecular complexity index is 374. The third-order valence-corrected chi connectivity index (χ3v) is 3.86. The van der Waals surface area contributed by atoms with E-state index in [2.05, 4.69) is 22.0 Å². The summed E-state index contributed by atoms with van der Waals surface area (Å²) in [5.41, 5.74) is 0. The van der Waals surface area contributed by atoms with Gasteiger partial charge in [-0.05, 0) is 57.3 Å². The molecule has 118 valence electrons. The van der Waals surface area contributed by atoms with Gasteiger partial charge in [0.05, 0.1) is 0 Å². The standard InChI is InChI=1S/C15H25N3O3/c1-2-14(19)4-3-9-18-10-6-13(7-11-18)5-8-16-15(20)12-17-21/h2,12-13,21H,1,3-11H2,(H,16,20)/b17-12-. The number of oxime groups is 1. The van der Waals surface area contributed by atoms with E-state index in [0.717, 1.165) is 51.5 Å². The second-order valence-electron chi connectivity index (χ2n) is 5.38. The fourth-order valence-corrected chi connectivity index (χ4v) is 2.58. The summed E-state index contributed by atoms with van der Waals surface area (Å²) < 4.78 is 0. The number of hydrogen-bond donors (Lipinski definition) is 2. The lowest BCUT2D eigenvalue weighted by Gasteiger charge is -2.31. The SMILES string of the molecule is C=CC(=O)CCCN1CCC(CCNC(=O)/C=N\O)CC1. The van der Waals surface area contributed by atoms with E-state index in [-0.39, 0.29) is 11.7 Å². The van der Waals surface area contributed by atoms with Gasteiger partial charge < -0.3 is 15.4 Å². The number of carbonyl (C=O) groups is 2. The average Bonchev–Trinajstić information content (AvgIpc) is 2.49. The molecule has 0 aliphatic carbocycles. The van der Waals surface area contributed by atoms with Gasteiger partial charge in [0.1, 0.15) is 6.21 Å². The zero-order chi connectivity index (χ0) is 15.5. The minimum Gasteiger partial charge on any atom is -0.411 e. The molecule has 0 aromatic rings. The normalized spacial score (nSPS) is 17.0. The van der Waals surface area contributed by atoms with Crippen LogP contribution in [0.1, 0.15) is 32.1 Å². The molecule has 0 bridgehead atoms. The summed E-state index contributed by atoms with van der Waals surface area (Å²) in [6.45, 7) is 7.17. The number of amides is 1. The molecule has 1 rings (SSSR count). The lowest BCUT2D eigenvalue weighted by molar-refractivity contribution is -0.115. The Morgan fingerprint density at radius 2 is 2.10 bits per heavy atom. The molecule has 1 saturated heterocycles. The molecular formula is C15H25N3O3. The van der Waals surface area contributed by atoms with Crippen LogP contribution < -0.4 is 5.32 Å². The molecule has 0 aromatic heterocycles. The number of likely N-dealkylation sites (tertiary alicyclic amines) is 1. The number of hydrogen-bond acceptors (Lipinski definition) is 5. The molecule has 0 atom stereocenters. The predicted molar refractivity (Wildman–Crippen MR) is 81.5 cm³/mol. The van der Waals surface area contributed by atoms with Crippen molar-refractivity contribution in [2.24, 2.45) is 11.1 Å². The van der Waals surface area contributed by atoms with Crippen LogP contribution in [-0.2, 0) is 9.59 Å². The van der Waals surface area contributed by atoms with E-state index in [9.17, 15) is 9.59 Å². The first-order valence-electron chi connectivity index (χ1n) is 7.48. The highest BCUT2D eigenvalue weighted by Crippen LogP contribution is 2.20. The Morgan fingerprint density at radius 1 is 1.38 bits per heavy atom. The Hall–Kier alpha value is -1.69. The highest BCUT2D eigenvalue weighted by atomic mass is 16.4. The van der Waals surface area contributed by atoms with Gasteiger partial charge >= 0.3 is 0 Å². The predicted octanol–water partition coefficient (Wildman–Crippen LogP) is 1.20. The van der Waals surface area contributed by atoms with Crippen molar-refractivity contribution in [3.05, 3.63) is 12.7 Å². The largest absolute Gasteiger partial charge is 0.411 e. The fraction of sp³-hybridized carbons (Fsp3) is 0.667. The van der Waals surface area contributed by atoms with E-state index in [1.165, 1.54) is 6.08 Å². The Morgan fingerprint density at radius 3 is 2.71 bits per heavy atom. The van der Waals surface area contributed by atoms with Crippen molar-refractivity contribution in [2.45, 2.75) is 32.1 Å². The molecule has 2 N–H and O–H groups in total. The summed E-state index contributed by atoms with van der Waals surface area (Å²) >= 11 is 0. The molecule has 1 amide bonds. The quantitative estimate of drug-likeness (QED) is 0.290. The van der Waals surface area contributed by atoms with Gasteiger partial charge in [0.2, 0.25) is 0 Å². The fourth-order valence-electron chi connectivity index (χ4n) is 2.58. The summed E-state index contributed by atoms with van der Waals surface area (Å²) in [4.78, 5) is 24.6. The number of carbonyl (C=O) groups excluding carboxylic acids is 2. The second-order valence-corrected chi connectivity index (χ2v) is 5.38. The van der Waals surface area contributed by atoms with Crippen molar-refractivity contribution >= 4 is 17.9 Å². The van der Waals surface area contributed by atoms with Crippen LogP contribution in [0.2, 0.25) is 0 Å². The van der Waals surface area contributed by atoms with Crippen molar-refractivity contribution in [3.8, 4) is 0 Å². The lowest BCUT2D eigenvalue weighted by atomic mass is 9.93. The first kappa shape index (κ1) is 17.4. The van der Waals surface area contributed by atoms with Crippen LogP contribution >= 0.6 is 0 Å². The van der Waals surface area contributed by atoms with Crippen molar-refractivity contribution in [1.29, 1.82) is 0 Å². The molecule has 6 nitrogen and oxygen atoms in total. The van der Waals surface area contributed by atoms with E-state index >= 15 is 0 Å². The van der Waals surface area contributed by atoms with Gasteiger partial charge in [0.25, 0.3) is 5.91 Å². The van der Waals surface area contributed by atoms with Gasteiger partial charge in [-0.25, -0.2) is 0 Å². The summed E-state index contributed by atoms with van der Waals surface area (Å²) in [7, 11) is 0. The molecule has 0 radical (unpaired) electrons. The molecule has 0 saturated carbocycles. The minimum absolute atomic E-state index is 0.118. The Labute approximate surface area is 125 Å². The van der Waals surface area contributed by atoms with Gasteiger partial charge in [0.15, 0.2) is 5.78 Å². The van der Waals surface area contributed by atoms with Crippen LogP contribution in [0.25, 0.3) is 0 Å².